The molecule has 0 amide bonds. The summed E-state index contributed by atoms with van der Waals surface area (Å²) in [6, 6.07) is 15.3. The van der Waals surface area contributed by atoms with E-state index in [9.17, 15) is 0 Å². The van der Waals surface area contributed by atoms with E-state index >= 15 is 0 Å². The zero-order chi connectivity index (χ0) is 14.5. The first-order valence-electron chi connectivity index (χ1n) is 6.28. The molecule has 2 aromatic carbocycles. The first kappa shape index (κ1) is 13.6. The molecule has 0 aliphatic heterocycles. The van der Waals surface area contributed by atoms with Gasteiger partial charge in [0, 0.05) is 5.56 Å². The third kappa shape index (κ3) is 2.79. The van der Waals surface area contributed by atoms with Crippen LogP contribution in [0.3, 0.4) is 0 Å². The number of hydrogen-bond acceptors (Lipinski definition) is 3. The molecule has 0 unspecified atom stereocenters. The largest absolute Gasteiger partial charge is 0.488 e. The fraction of sp³-hybridized carbons (Fsp3) is 0.176. The van der Waals surface area contributed by atoms with Crippen molar-refractivity contribution in [3.63, 3.8) is 0 Å². The smallest absolute Gasteiger partial charge is 0.125 e. The number of ether oxygens (including phenoxy) is 1. The van der Waals surface area contributed by atoms with Gasteiger partial charge < -0.3 is 4.74 Å². The summed E-state index contributed by atoms with van der Waals surface area (Å²) in [5.74, 6) is 0.775. The summed E-state index contributed by atoms with van der Waals surface area (Å²) < 4.78 is 5.84. The van der Waals surface area contributed by atoms with E-state index < -0.39 is 0 Å². The van der Waals surface area contributed by atoms with Crippen molar-refractivity contribution in [2.45, 2.75) is 20.5 Å². The maximum absolute atomic E-state index is 9.05. The Morgan fingerprint density at radius 3 is 2.25 bits per heavy atom. The van der Waals surface area contributed by atoms with Gasteiger partial charge in [0.2, 0.25) is 0 Å². The Balaban J connectivity index is 2.24. The molecule has 0 aliphatic rings. The summed E-state index contributed by atoms with van der Waals surface area (Å²) in [5, 5.41) is 18.0. The first-order valence-corrected chi connectivity index (χ1v) is 6.28. The average Bonchev–Trinajstić information content (AvgIpc) is 2.46. The maximum Gasteiger partial charge on any atom is 0.125 e. The van der Waals surface area contributed by atoms with Crippen LogP contribution in [0.2, 0.25) is 0 Å². The van der Waals surface area contributed by atoms with E-state index in [0.29, 0.717) is 17.7 Å². The lowest BCUT2D eigenvalue weighted by Crippen LogP contribution is -2.01. The van der Waals surface area contributed by atoms with E-state index in [1.807, 2.05) is 32.0 Å². The van der Waals surface area contributed by atoms with E-state index in [1.165, 1.54) is 0 Å². The van der Waals surface area contributed by atoms with Gasteiger partial charge in [0.05, 0.1) is 23.3 Å². The van der Waals surface area contributed by atoms with Gasteiger partial charge >= 0.3 is 0 Å². The molecule has 0 heterocycles. The Morgan fingerprint density at radius 2 is 1.65 bits per heavy atom. The van der Waals surface area contributed by atoms with Gasteiger partial charge in [-0.15, -0.1) is 0 Å². The van der Waals surface area contributed by atoms with E-state index in [1.54, 1.807) is 18.2 Å². The molecule has 2 rings (SSSR count). The van der Waals surface area contributed by atoms with Crippen molar-refractivity contribution in [2.75, 3.05) is 0 Å². The minimum absolute atomic E-state index is 0.345. The molecule has 0 spiro atoms. The van der Waals surface area contributed by atoms with E-state index in [2.05, 4.69) is 12.1 Å². The summed E-state index contributed by atoms with van der Waals surface area (Å²) in [5.41, 5.74) is 3.96. The molecule has 0 atom stereocenters. The highest BCUT2D eigenvalue weighted by Crippen LogP contribution is 2.25. The van der Waals surface area contributed by atoms with Gasteiger partial charge in [0.15, 0.2) is 0 Å². The molecular weight excluding hydrogens is 248 g/mol. The predicted octanol–water partition coefficient (Wildman–Crippen LogP) is 3.63. The highest BCUT2D eigenvalue weighted by atomic mass is 16.5. The zero-order valence-corrected chi connectivity index (χ0v) is 11.5. The van der Waals surface area contributed by atoms with Crippen molar-refractivity contribution in [1.29, 1.82) is 10.5 Å². The molecule has 0 aliphatic carbocycles. The second-order valence-electron chi connectivity index (χ2n) is 4.61. The molecule has 98 valence electrons. The van der Waals surface area contributed by atoms with Crippen LogP contribution in [0.4, 0.5) is 0 Å². The van der Waals surface area contributed by atoms with Crippen LogP contribution in [0.15, 0.2) is 36.4 Å². The van der Waals surface area contributed by atoms with Crippen LogP contribution in [0.5, 0.6) is 5.75 Å². The lowest BCUT2D eigenvalue weighted by Gasteiger charge is -2.13. The summed E-state index contributed by atoms with van der Waals surface area (Å²) in [4.78, 5) is 0. The van der Waals surface area contributed by atoms with Gasteiger partial charge in [-0.3, -0.25) is 0 Å². The summed E-state index contributed by atoms with van der Waals surface area (Å²) in [6.45, 7) is 4.18. The van der Waals surface area contributed by atoms with Crippen molar-refractivity contribution in [2.24, 2.45) is 0 Å². The molecule has 0 fully saturated rings. The number of benzene rings is 2. The van der Waals surface area contributed by atoms with Gasteiger partial charge in [-0.05, 0) is 43.2 Å². The van der Waals surface area contributed by atoms with Crippen LogP contribution in [0.1, 0.15) is 27.8 Å². The number of nitriles is 2. The zero-order valence-electron chi connectivity index (χ0n) is 11.5. The molecule has 0 bridgehead atoms. The maximum atomic E-state index is 9.05. The van der Waals surface area contributed by atoms with Crippen molar-refractivity contribution in [3.05, 3.63) is 64.2 Å². The molecule has 2 aromatic rings. The third-order valence-electron chi connectivity index (χ3n) is 3.10. The highest BCUT2D eigenvalue weighted by Gasteiger charge is 2.08. The fourth-order valence-corrected chi connectivity index (χ4v) is 2.15. The summed E-state index contributed by atoms with van der Waals surface area (Å²) >= 11 is 0. The molecule has 3 nitrogen and oxygen atoms in total. The van der Waals surface area contributed by atoms with Crippen molar-refractivity contribution in [3.8, 4) is 17.9 Å². The van der Waals surface area contributed by atoms with Gasteiger partial charge in [-0.25, -0.2) is 0 Å². The van der Waals surface area contributed by atoms with Crippen LogP contribution in [0, 0.1) is 36.5 Å². The quantitative estimate of drug-likeness (QED) is 0.848. The number of nitrogens with zero attached hydrogens (tertiary/aromatic N) is 2. The number of hydrogen-bond donors (Lipinski definition) is 0. The number of aryl methyl sites for hydroxylation is 2. The molecule has 0 saturated carbocycles. The van der Waals surface area contributed by atoms with Gasteiger partial charge in [0.25, 0.3) is 0 Å². The second kappa shape index (κ2) is 5.91. The minimum atomic E-state index is 0.345. The van der Waals surface area contributed by atoms with Gasteiger partial charge in [-0.2, -0.15) is 10.5 Å². The Hall–Kier alpha value is -2.78. The Kier molecular flexibility index (Phi) is 4.03. The molecule has 20 heavy (non-hydrogen) atoms. The fourth-order valence-electron chi connectivity index (χ4n) is 2.15. The summed E-state index contributed by atoms with van der Waals surface area (Å²) in [7, 11) is 0. The van der Waals surface area contributed by atoms with Crippen LogP contribution >= 0.6 is 0 Å². The molecule has 0 saturated heterocycles. The standard InChI is InChI=1S/C17H14N2O/c1-12-7-14(9-18)8-13(2)17(12)20-11-16-6-4-3-5-15(16)10-19/h3-8H,11H2,1-2H3. The van der Waals surface area contributed by atoms with Crippen molar-refractivity contribution in [1.82, 2.24) is 0 Å². The second-order valence-corrected chi connectivity index (χ2v) is 4.61. The molecule has 0 aromatic heterocycles. The normalized spacial score (nSPS) is 9.60. The topological polar surface area (TPSA) is 56.8 Å². The lowest BCUT2D eigenvalue weighted by molar-refractivity contribution is 0.301. The molecular formula is C17H14N2O. The van der Waals surface area contributed by atoms with Crippen LogP contribution in [-0.4, -0.2) is 0 Å². The Morgan fingerprint density at radius 1 is 1.00 bits per heavy atom. The van der Waals surface area contributed by atoms with Gasteiger partial charge in [-0.1, -0.05) is 18.2 Å². The van der Waals surface area contributed by atoms with Crippen LogP contribution in [-0.2, 0) is 6.61 Å². The Labute approximate surface area is 118 Å². The SMILES string of the molecule is Cc1cc(C#N)cc(C)c1OCc1ccccc1C#N. The summed E-state index contributed by atoms with van der Waals surface area (Å²) in [6.07, 6.45) is 0. The predicted molar refractivity (Wildman–Crippen MR) is 76.1 cm³/mol. The van der Waals surface area contributed by atoms with Crippen LogP contribution < -0.4 is 4.74 Å². The average molecular weight is 262 g/mol. The monoisotopic (exact) mass is 262 g/mol. The first-order chi connectivity index (χ1) is 9.65. The van der Waals surface area contributed by atoms with E-state index in [-0.39, 0.29) is 0 Å². The van der Waals surface area contributed by atoms with E-state index in [4.69, 9.17) is 15.3 Å². The third-order valence-corrected chi connectivity index (χ3v) is 3.10. The molecule has 3 heteroatoms. The van der Waals surface area contributed by atoms with Crippen LogP contribution in [0.25, 0.3) is 0 Å². The Bertz CT molecular complexity index is 697. The molecule has 0 radical (unpaired) electrons. The van der Waals surface area contributed by atoms with Crippen molar-refractivity contribution < 1.29 is 4.74 Å². The highest BCUT2D eigenvalue weighted by molar-refractivity contribution is 5.47. The van der Waals surface area contributed by atoms with Gasteiger partial charge in [0.1, 0.15) is 12.4 Å². The number of rotatable bonds is 3. The molecule has 0 N–H and O–H groups in total. The van der Waals surface area contributed by atoms with Crippen molar-refractivity contribution >= 4 is 0 Å². The minimum Gasteiger partial charge on any atom is -0.488 e. The van der Waals surface area contributed by atoms with E-state index in [0.717, 1.165) is 22.4 Å². The lowest BCUT2D eigenvalue weighted by atomic mass is 10.1.